The zero-order valence-corrected chi connectivity index (χ0v) is 12.9. The molecule has 1 atom stereocenters. The van der Waals surface area contributed by atoms with Crippen LogP contribution in [0.1, 0.15) is 31.9 Å². The summed E-state index contributed by atoms with van der Waals surface area (Å²) in [5.41, 5.74) is 1.41. The quantitative estimate of drug-likeness (QED) is 0.796. The largest absolute Gasteiger partial charge is 0.291 e. The van der Waals surface area contributed by atoms with Crippen molar-refractivity contribution in [2.24, 2.45) is 0 Å². The second-order valence-corrected chi connectivity index (χ2v) is 6.24. The predicted octanol–water partition coefficient (Wildman–Crippen LogP) is 4.01. The molecule has 3 nitrogen and oxygen atoms in total. The summed E-state index contributed by atoms with van der Waals surface area (Å²) in [6, 6.07) is 9.33. The van der Waals surface area contributed by atoms with Crippen LogP contribution in [0.2, 0.25) is 0 Å². The molecule has 96 valence electrons. The van der Waals surface area contributed by atoms with E-state index in [1.54, 1.807) is 19.1 Å². The molecule has 0 saturated carbocycles. The van der Waals surface area contributed by atoms with E-state index in [2.05, 4.69) is 27.0 Å². The number of halogens is 1. The third kappa shape index (κ3) is 2.91. The van der Waals surface area contributed by atoms with E-state index in [1.807, 2.05) is 19.1 Å². The standard InChI is InChI=1S/C14H11BrN2OS/c1-8-14(19-9(2)17-8)13(18)12(7-16)10-3-5-11(15)6-4-10/h3-6,12H,1-2H3. The number of Topliss-reactive ketones (excluding diaryl/α,β-unsaturated/α-hetero) is 1. The Kier molecular flexibility index (Phi) is 4.13. The highest BCUT2D eigenvalue weighted by Gasteiger charge is 2.25. The van der Waals surface area contributed by atoms with Crippen LogP contribution in [-0.2, 0) is 0 Å². The Morgan fingerprint density at radius 1 is 1.37 bits per heavy atom. The number of nitrogens with zero attached hydrogens (tertiary/aromatic N) is 2. The highest BCUT2D eigenvalue weighted by molar-refractivity contribution is 9.10. The van der Waals surface area contributed by atoms with Gasteiger partial charge >= 0.3 is 0 Å². The second kappa shape index (κ2) is 5.64. The van der Waals surface area contributed by atoms with E-state index in [1.165, 1.54) is 11.3 Å². The molecule has 0 aliphatic heterocycles. The number of aryl methyl sites for hydroxylation is 2. The summed E-state index contributed by atoms with van der Waals surface area (Å²) in [7, 11) is 0. The van der Waals surface area contributed by atoms with E-state index >= 15 is 0 Å². The molecule has 0 aliphatic rings. The fourth-order valence-corrected chi connectivity index (χ4v) is 2.98. The third-order valence-corrected chi connectivity index (χ3v) is 4.34. The van der Waals surface area contributed by atoms with Crippen molar-refractivity contribution in [3.8, 4) is 6.07 Å². The lowest BCUT2D eigenvalue weighted by Gasteiger charge is -2.07. The minimum absolute atomic E-state index is 0.173. The van der Waals surface area contributed by atoms with Crippen LogP contribution in [0.25, 0.3) is 0 Å². The average Bonchev–Trinajstić information content (AvgIpc) is 2.71. The van der Waals surface area contributed by atoms with E-state index in [-0.39, 0.29) is 5.78 Å². The van der Waals surface area contributed by atoms with Gasteiger partial charge in [-0.05, 0) is 31.5 Å². The topological polar surface area (TPSA) is 53.8 Å². The first kappa shape index (κ1) is 13.9. The molecule has 2 aromatic rings. The molecular weight excluding hydrogens is 324 g/mol. The van der Waals surface area contributed by atoms with Gasteiger partial charge in [-0.2, -0.15) is 5.26 Å². The molecule has 0 saturated heterocycles. The summed E-state index contributed by atoms with van der Waals surface area (Å²) < 4.78 is 0.921. The van der Waals surface area contributed by atoms with Crippen LogP contribution in [0.15, 0.2) is 28.7 Å². The molecule has 1 unspecified atom stereocenters. The van der Waals surface area contributed by atoms with Crippen LogP contribution in [0.5, 0.6) is 0 Å². The number of hydrogen-bond donors (Lipinski definition) is 0. The van der Waals surface area contributed by atoms with E-state index in [0.717, 1.165) is 9.48 Å². The fraction of sp³-hybridized carbons (Fsp3) is 0.214. The smallest absolute Gasteiger partial charge is 0.196 e. The van der Waals surface area contributed by atoms with Gasteiger partial charge in [0.25, 0.3) is 0 Å². The van der Waals surface area contributed by atoms with Crippen LogP contribution in [0.3, 0.4) is 0 Å². The molecule has 1 heterocycles. The van der Waals surface area contributed by atoms with E-state index in [4.69, 9.17) is 0 Å². The van der Waals surface area contributed by atoms with Crippen molar-refractivity contribution in [3.05, 3.63) is 49.9 Å². The molecule has 1 aromatic heterocycles. The maximum absolute atomic E-state index is 12.4. The molecule has 0 aliphatic carbocycles. The van der Waals surface area contributed by atoms with Gasteiger partial charge in [-0.15, -0.1) is 11.3 Å². The van der Waals surface area contributed by atoms with E-state index in [0.29, 0.717) is 16.1 Å². The van der Waals surface area contributed by atoms with Gasteiger partial charge in [0, 0.05) is 4.47 Å². The van der Waals surface area contributed by atoms with Crippen molar-refractivity contribution in [1.82, 2.24) is 4.98 Å². The maximum atomic E-state index is 12.4. The molecule has 0 N–H and O–H groups in total. The molecule has 2 rings (SSSR count). The Morgan fingerprint density at radius 3 is 2.47 bits per heavy atom. The zero-order valence-electron chi connectivity index (χ0n) is 10.5. The Hall–Kier alpha value is -1.51. The Bertz CT molecular complexity index is 655. The summed E-state index contributed by atoms with van der Waals surface area (Å²) in [4.78, 5) is 17.2. The van der Waals surface area contributed by atoms with E-state index in [9.17, 15) is 10.1 Å². The van der Waals surface area contributed by atoms with Crippen LogP contribution in [0, 0.1) is 25.2 Å². The van der Waals surface area contributed by atoms with Crippen molar-refractivity contribution in [2.75, 3.05) is 0 Å². The average molecular weight is 335 g/mol. The summed E-state index contributed by atoms with van der Waals surface area (Å²) in [5.74, 6) is -0.945. The number of thiazole rings is 1. The molecule has 0 bridgehead atoms. The summed E-state index contributed by atoms with van der Waals surface area (Å²) in [6.45, 7) is 3.65. The number of nitriles is 1. The van der Waals surface area contributed by atoms with Crippen LogP contribution in [0.4, 0.5) is 0 Å². The lowest BCUT2D eigenvalue weighted by atomic mass is 9.95. The van der Waals surface area contributed by atoms with Crippen molar-refractivity contribution in [2.45, 2.75) is 19.8 Å². The number of carbonyl (C=O) groups excluding carboxylic acids is 1. The number of rotatable bonds is 3. The monoisotopic (exact) mass is 334 g/mol. The van der Waals surface area contributed by atoms with Gasteiger partial charge in [0.15, 0.2) is 5.78 Å². The molecule has 0 fully saturated rings. The molecule has 19 heavy (non-hydrogen) atoms. The first-order chi connectivity index (χ1) is 9.02. The molecule has 0 spiro atoms. The third-order valence-electron chi connectivity index (χ3n) is 2.72. The number of hydrogen-bond acceptors (Lipinski definition) is 4. The Morgan fingerprint density at radius 2 is 2.00 bits per heavy atom. The molecular formula is C14H11BrN2OS. The highest BCUT2D eigenvalue weighted by atomic mass is 79.9. The van der Waals surface area contributed by atoms with Gasteiger partial charge in [0.1, 0.15) is 5.92 Å². The van der Waals surface area contributed by atoms with Crippen LogP contribution >= 0.6 is 27.3 Å². The predicted molar refractivity (Wildman–Crippen MR) is 78.4 cm³/mol. The highest BCUT2D eigenvalue weighted by Crippen LogP contribution is 2.27. The minimum Gasteiger partial charge on any atom is -0.291 e. The first-order valence-electron chi connectivity index (χ1n) is 5.66. The number of benzene rings is 1. The maximum Gasteiger partial charge on any atom is 0.196 e. The molecule has 0 radical (unpaired) electrons. The Balaban J connectivity index is 2.38. The first-order valence-corrected chi connectivity index (χ1v) is 7.27. The Labute approximate surface area is 124 Å². The lowest BCUT2D eigenvalue weighted by Crippen LogP contribution is -2.11. The van der Waals surface area contributed by atoms with Crippen molar-refractivity contribution < 1.29 is 4.79 Å². The van der Waals surface area contributed by atoms with Crippen LogP contribution in [-0.4, -0.2) is 10.8 Å². The lowest BCUT2D eigenvalue weighted by molar-refractivity contribution is 0.0982. The van der Waals surface area contributed by atoms with Gasteiger partial charge in [-0.25, -0.2) is 4.98 Å². The summed E-state index contributed by atoms with van der Waals surface area (Å²) in [6.07, 6.45) is 0. The van der Waals surface area contributed by atoms with Gasteiger partial charge < -0.3 is 0 Å². The number of carbonyl (C=O) groups is 1. The molecule has 0 amide bonds. The number of aromatic nitrogens is 1. The summed E-state index contributed by atoms with van der Waals surface area (Å²) in [5, 5.41) is 10.1. The van der Waals surface area contributed by atoms with Gasteiger partial charge in [-0.3, -0.25) is 4.79 Å². The summed E-state index contributed by atoms with van der Waals surface area (Å²) >= 11 is 4.68. The second-order valence-electron chi connectivity index (χ2n) is 4.13. The molecule has 5 heteroatoms. The zero-order chi connectivity index (χ0) is 14.0. The normalized spacial score (nSPS) is 11.9. The van der Waals surface area contributed by atoms with Gasteiger partial charge in [0.05, 0.1) is 21.6 Å². The van der Waals surface area contributed by atoms with Crippen molar-refractivity contribution >= 4 is 33.0 Å². The van der Waals surface area contributed by atoms with Gasteiger partial charge in [-0.1, -0.05) is 28.1 Å². The van der Waals surface area contributed by atoms with Gasteiger partial charge in [0.2, 0.25) is 0 Å². The van der Waals surface area contributed by atoms with Crippen molar-refractivity contribution in [1.29, 1.82) is 5.26 Å². The fourth-order valence-electron chi connectivity index (χ4n) is 1.83. The van der Waals surface area contributed by atoms with Crippen molar-refractivity contribution in [3.63, 3.8) is 0 Å². The SMILES string of the molecule is Cc1nc(C)c(C(=O)C(C#N)c2ccc(Br)cc2)s1. The number of ketones is 1. The minimum atomic E-state index is -0.772. The molecule has 1 aromatic carbocycles. The van der Waals surface area contributed by atoms with Crippen LogP contribution < -0.4 is 0 Å². The van der Waals surface area contributed by atoms with E-state index < -0.39 is 5.92 Å².